The maximum Gasteiger partial charge on any atom is 0.253 e. The summed E-state index contributed by atoms with van der Waals surface area (Å²) in [5, 5.41) is 3.00. The van der Waals surface area contributed by atoms with Crippen LogP contribution in [-0.2, 0) is 9.59 Å². The van der Waals surface area contributed by atoms with Gasteiger partial charge in [0.25, 0.3) is 5.91 Å². The number of amidine groups is 1. The Morgan fingerprint density at radius 2 is 1.92 bits per heavy atom. The lowest BCUT2D eigenvalue weighted by atomic mass is 9.87. The van der Waals surface area contributed by atoms with Gasteiger partial charge in [0.15, 0.2) is 0 Å². The van der Waals surface area contributed by atoms with Gasteiger partial charge in [-0.25, -0.2) is 0 Å². The van der Waals surface area contributed by atoms with Crippen LogP contribution in [0, 0.1) is 17.3 Å². The van der Waals surface area contributed by atoms with E-state index in [1.165, 1.54) is 25.7 Å². The van der Waals surface area contributed by atoms with Gasteiger partial charge < -0.3 is 10.2 Å². The number of carbonyl (C=O) groups is 2. The van der Waals surface area contributed by atoms with Crippen LogP contribution in [0.15, 0.2) is 4.99 Å². The molecule has 2 spiro atoms. The number of nitrogens with one attached hydrogen (secondary N) is 1. The molecule has 4 aliphatic rings. The lowest BCUT2D eigenvalue weighted by Gasteiger charge is -2.36. The first-order valence-corrected chi connectivity index (χ1v) is 10.1. The van der Waals surface area contributed by atoms with Crippen LogP contribution in [0.2, 0.25) is 0 Å². The maximum atomic E-state index is 12.8. The summed E-state index contributed by atoms with van der Waals surface area (Å²) < 4.78 is 0. The van der Waals surface area contributed by atoms with E-state index in [0.29, 0.717) is 43.2 Å². The third-order valence-corrected chi connectivity index (χ3v) is 6.98. The first kappa shape index (κ1) is 17.0. The van der Waals surface area contributed by atoms with Crippen LogP contribution < -0.4 is 5.32 Å². The predicted octanol–water partition coefficient (Wildman–Crippen LogP) is 2.89. The summed E-state index contributed by atoms with van der Waals surface area (Å²) in [5.74, 6) is 2.13. The number of likely N-dealkylation sites (tertiary alicyclic amines) is 1. The predicted molar refractivity (Wildman–Crippen MR) is 97.2 cm³/mol. The third-order valence-electron chi connectivity index (χ3n) is 6.98. The van der Waals surface area contributed by atoms with E-state index in [9.17, 15) is 9.59 Å². The Morgan fingerprint density at radius 3 is 2.56 bits per heavy atom. The molecule has 1 atom stereocenters. The second-order valence-corrected chi connectivity index (χ2v) is 9.13. The second-order valence-electron chi connectivity index (χ2n) is 9.13. The van der Waals surface area contributed by atoms with E-state index in [0.717, 1.165) is 25.1 Å². The summed E-state index contributed by atoms with van der Waals surface area (Å²) in [4.78, 5) is 32.1. The minimum absolute atomic E-state index is 0.0528. The van der Waals surface area contributed by atoms with Crippen molar-refractivity contribution in [3.05, 3.63) is 0 Å². The average molecular weight is 345 g/mol. The van der Waals surface area contributed by atoms with Crippen LogP contribution in [-0.4, -0.2) is 41.2 Å². The fraction of sp³-hybridized carbons (Fsp3) is 0.850. The molecule has 1 saturated heterocycles. The van der Waals surface area contributed by atoms with E-state index in [4.69, 9.17) is 4.99 Å². The molecule has 4 rings (SSSR count). The van der Waals surface area contributed by atoms with Crippen LogP contribution >= 0.6 is 0 Å². The van der Waals surface area contributed by atoms with Gasteiger partial charge in [-0.15, -0.1) is 0 Å². The highest BCUT2D eigenvalue weighted by atomic mass is 16.2. The number of hydrogen-bond donors (Lipinski definition) is 1. The molecule has 2 aliphatic heterocycles. The Labute approximate surface area is 150 Å². The average Bonchev–Trinajstić information content (AvgIpc) is 2.92. The van der Waals surface area contributed by atoms with Gasteiger partial charge in [-0.05, 0) is 49.9 Å². The van der Waals surface area contributed by atoms with Gasteiger partial charge in [0.2, 0.25) is 5.91 Å². The Kier molecular flexibility index (Phi) is 4.16. The summed E-state index contributed by atoms with van der Waals surface area (Å²) >= 11 is 0. The summed E-state index contributed by atoms with van der Waals surface area (Å²) in [5.41, 5.74) is -0.239. The number of amides is 2. The summed E-state index contributed by atoms with van der Waals surface area (Å²) in [6.07, 6.45) is 9.42. The summed E-state index contributed by atoms with van der Waals surface area (Å²) in [7, 11) is 0. The topological polar surface area (TPSA) is 61.8 Å². The van der Waals surface area contributed by atoms with Crippen LogP contribution in [0.5, 0.6) is 0 Å². The highest BCUT2D eigenvalue weighted by Gasteiger charge is 2.60. The fourth-order valence-corrected chi connectivity index (χ4v) is 5.11. The molecule has 2 aliphatic carbocycles. The molecular formula is C20H31N3O2. The molecule has 2 saturated carbocycles. The second kappa shape index (κ2) is 6.10. The molecular weight excluding hydrogens is 314 g/mol. The molecule has 138 valence electrons. The number of aliphatic imine (C=N–C) groups is 1. The lowest BCUT2D eigenvalue weighted by Crippen LogP contribution is -2.51. The molecule has 5 heteroatoms. The SMILES string of the molecule is CC(C)CCC1=NC2(CCN(C(=O)[C@@H]3CC34CCCC4)CC2)C(=O)N1. The van der Waals surface area contributed by atoms with Crippen LogP contribution in [0.4, 0.5) is 0 Å². The smallest absolute Gasteiger partial charge is 0.253 e. The van der Waals surface area contributed by atoms with Crippen molar-refractivity contribution in [2.45, 2.75) is 77.2 Å². The molecule has 0 aromatic rings. The van der Waals surface area contributed by atoms with Crippen LogP contribution in [0.25, 0.3) is 0 Å². The van der Waals surface area contributed by atoms with E-state index in [1.54, 1.807) is 0 Å². The molecule has 5 nitrogen and oxygen atoms in total. The zero-order chi connectivity index (χ0) is 17.7. The first-order chi connectivity index (χ1) is 11.9. The highest BCUT2D eigenvalue weighted by Crippen LogP contribution is 2.63. The number of piperidine rings is 1. The Hall–Kier alpha value is -1.39. The van der Waals surface area contributed by atoms with Crippen molar-refractivity contribution in [2.75, 3.05) is 13.1 Å². The van der Waals surface area contributed by atoms with E-state index in [-0.39, 0.29) is 11.8 Å². The zero-order valence-corrected chi connectivity index (χ0v) is 15.6. The van der Waals surface area contributed by atoms with Gasteiger partial charge in [0.1, 0.15) is 11.4 Å². The van der Waals surface area contributed by atoms with E-state index in [2.05, 4.69) is 19.2 Å². The highest BCUT2D eigenvalue weighted by molar-refractivity contribution is 6.08. The van der Waals surface area contributed by atoms with Crippen molar-refractivity contribution < 1.29 is 9.59 Å². The normalized spacial score (nSPS) is 29.4. The van der Waals surface area contributed by atoms with E-state index >= 15 is 0 Å². The molecule has 2 heterocycles. The third kappa shape index (κ3) is 3.00. The molecule has 0 radical (unpaired) electrons. The lowest BCUT2D eigenvalue weighted by molar-refractivity contribution is -0.137. The largest absolute Gasteiger partial charge is 0.342 e. The maximum absolute atomic E-state index is 12.8. The van der Waals surface area contributed by atoms with Gasteiger partial charge in [0.05, 0.1) is 0 Å². The number of rotatable bonds is 4. The molecule has 25 heavy (non-hydrogen) atoms. The monoisotopic (exact) mass is 345 g/mol. The molecule has 1 N–H and O–H groups in total. The van der Waals surface area contributed by atoms with Crippen molar-refractivity contribution in [3.63, 3.8) is 0 Å². The molecule has 0 aromatic heterocycles. The van der Waals surface area contributed by atoms with Crippen LogP contribution in [0.1, 0.15) is 71.6 Å². The minimum atomic E-state index is -0.600. The van der Waals surface area contributed by atoms with Crippen molar-refractivity contribution in [2.24, 2.45) is 22.2 Å². The van der Waals surface area contributed by atoms with Crippen molar-refractivity contribution in [1.82, 2.24) is 10.2 Å². The molecule has 0 unspecified atom stereocenters. The van der Waals surface area contributed by atoms with Crippen molar-refractivity contribution in [1.29, 1.82) is 0 Å². The first-order valence-electron chi connectivity index (χ1n) is 10.1. The summed E-state index contributed by atoms with van der Waals surface area (Å²) in [6.45, 7) is 5.73. The fourth-order valence-electron chi connectivity index (χ4n) is 5.11. The number of hydrogen-bond acceptors (Lipinski definition) is 3. The van der Waals surface area contributed by atoms with E-state index in [1.807, 2.05) is 4.90 Å². The van der Waals surface area contributed by atoms with Crippen molar-refractivity contribution >= 4 is 17.6 Å². The molecule has 2 amide bonds. The van der Waals surface area contributed by atoms with Gasteiger partial charge >= 0.3 is 0 Å². The summed E-state index contributed by atoms with van der Waals surface area (Å²) in [6, 6.07) is 0. The van der Waals surface area contributed by atoms with Gasteiger partial charge in [-0.3, -0.25) is 14.6 Å². The molecule has 0 aromatic carbocycles. The quantitative estimate of drug-likeness (QED) is 0.851. The number of carbonyl (C=O) groups excluding carboxylic acids is 2. The zero-order valence-electron chi connectivity index (χ0n) is 15.6. The van der Waals surface area contributed by atoms with Gasteiger partial charge in [-0.2, -0.15) is 0 Å². The molecule has 3 fully saturated rings. The Balaban J connectivity index is 1.35. The van der Waals surface area contributed by atoms with E-state index < -0.39 is 5.54 Å². The van der Waals surface area contributed by atoms with Crippen LogP contribution in [0.3, 0.4) is 0 Å². The number of nitrogens with zero attached hydrogens (tertiary/aromatic N) is 2. The van der Waals surface area contributed by atoms with Crippen molar-refractivity contribution in [3.8, 4) is 0 Å². The molecule has 0 bridgehead atoms. The Bertz CT molecular complexity index is 596. The van der Waals surface area contributed by atoms with Gasteiger partial charge in [0, 0.05) is 25.4 Å². The minimum Gasteiger partial charge on any atom is -0.342 e. The Morgan fingerprint density at radius 1 is 1.24 bits per heavy atom. The van der Waals surface area contributed by atoms with Gasteiger partial charge in [-0.1, -0.05) is 26.7 Å². The standard InChI is InChI=1S/C20H31N3O2/c1-14(2)5-6-16-21-18(25)20(22-16)9-11-23(12-10-20)17(24)15-13-19(15)7-3-4-8-19/h14-15H,3-13H2,1-2H3,(H,21,22,25)/t15-/m0/s1.